The first-order valence-corrected chi connectivity index (χ1v) is 7.07. The highest BCUT2D eigenvalue weighted by atomic mass is 15.2. The lowest BCUT2D eigenvalue weighted by Gasteiger charge is -2.18. The van der Waals surface area contributed by atoms with Crippen LogP contribution in [0.15, 0.2) is 36.5 Å². The number of aryl methyl sites for hydroxylation is 1. The van der Waals surface area contributed by atoms with Crippen molar-refractivity contribution in [3.63, 3.8) is 0 Å². The number of unbranched alkanes of at least 4 members (excludes halogenated alkanes) is 1. The smallest absolute Gasteiger partial charge is 0.229 e. The Morgan fingerprint density at radius 2 is 2.00 bits per heavy atom. The van der Waals surface area contributed by atoms with Gasteiger partial charge in [0.15, 0.2) is 0 Å². The van der Waals surface area contributed by atoms with Gasteiger partial charge in [-0.3, -0.25) is 0 Å². The fraction of sp³-hybridized carbons (Fsp3) is 0.375. The van der Waals surface area contributed by atoms with Crippen LogP contribution < -0.4 is 10.2 Å². The molecule has 0 aliphatic carbocycles. The molecular formula is C16H22N4. The van der Waals surface area contributed by atoms with E-state index in [0.717, 1.165) is 18.1 Å². The van der Waals surface area contributed by atoms with Gasteiger partial charge < -0.3 is 10.2 Å². The zero-order chi connectivity index (χ0) is 14.4. The molecule has 106 valence electrons. The Morgan fingerprint density at radius 3 is 2.75 bits per heavy atom. The van der Waals surface area contributed by atoms with Gasteiger partial charge in [0.1, 0.15) is 5.82 Å². The number of hydrogen-bond donors (Lipinski definition) is 1. The molecule has 0 aliphatic rings. The average molecular weight is 270 g/mol. The number of nitrogens with zero attached hydrogens (tertiary/aromatic N) is 3. The second-order valence-corrected chi connectivity index (χ2v) is 4.95. The molecule has 0 amide bonds. The quantitative estimate of drug-likeness (QED) is 0.867. The third-order valence-electron chi connectivity index (χ3n) is 3.27. The van der Waals surface area contributed by atoms with Crippen LogP contribution >= 0.6 is 0 Å². The Morgan fingerprint density at radius 1 is 1.20 bits per heavy atom. The third kappa shape index (κ3) is 3.70. The van der Waals surface area contributed by atoms with E-state index in [9.17, 15) is 0 Å². The maximum atomic E-state index is 4.57. The predicted molar refractivity (Wildman–Crippen MR) is 84.7 cm³/mol. The summed E-state index contributed by atoms with van der Waals surface area (Å²) in [7, 11) is 2.07. The number of aromatic nitrogens is 2. The first-order valence-electron chi connectivity index (χ1n) is 7.07. The molecule has 0 saturated heterocycles. The topological polar surface area (TPSA) is 41.1 Å². The molecule has 1 heterocycles. The predicted octanol–water partition coefficient (Wildman–Crippen LogP) is 3.76. The molecule has 0 radical (unpaired) electrons. The summed E-state index contributed by atoms with van der Waals surface area (Å²) in [6.07, 6.45) is 4.15. The summed E-state index contributed by atoms with van der Waals surface area (Å²) < 4.78 is 0. The lowest BCUT2D eigenvalue weighted by Crippen LogP contribution is -2.20. The van der Waals surface area contributed by atoms with Crippen LogP contribution in [0.2, 0.25) is 0 Å². The molecule has 1 N–H and O–H groups in total. The van der Waals surface area contributed by atoms with Gasteiger partial charge in [0, 0.05) is 25.5 Å². The molecular weight excluding hydrogens is 248 g/mol. The minimum atomic E-state index is 0.639. The van der Waals surface area contributed by atoms with Crippen molar-refractivity contribution in [2.75, 3.05) is 23.8 Å². The van der Waals surface area contributed by atoms with Crippen LogP contribution in [0.3, 0.4) is 0 Å². The van der Waals surface area contributed by atoms with Crippen LogP contribution in [0.25, 0.3) is 0 Å². The minimum absolute atomic E-state index is 0.639. The highest BCUT2D eigenvalue weighted by Crippen LogP contribution is 2.19. The number of nitrogens with one attached hydrogen (secondary N) is 1. The fourth-order valence-corrected chi connectivity index (χ4v) is 1.97. The lowest BCUT2D eigenvalue weighted by atomic mass is 10.2. The highest BCUT2D eigenvalue weighted by molar-refractivity contribution is 5.58. The van der Waals surface area contributed by atoms with Crippen molar-refractivity contribution in [3.8, 4) is 0 Å². The van der Waals surface area contributed by atoms with E-state index < -0.39 is 0 Å². The molecule has 0 bridgehead atoms. The molecule has 0 atom stereocenters. The molecule has 0 saturated carbocycles. The van der Waals surface area contributed by atoms with Gasteiger partial charge in [0.25, 0.3) is 0 Å². The van der Waals surface area contributed by atoms with Crippen molar-refractivity contribution in [3.05, 3.63) is 42.1 Å². The molecule has 2 rings (SSSR count). The average Bonchev–Trinajstić information content (AvgIpc) is 2.47. The molecule has 20 heavy (non-hydrogen) atoms. The number of anilines is 3. The number of hydrogen-bond acceptors (Lipinski definition) is 4. The zero-order valence-corrected chi connectivity index (χ0v) is 12.4. The normalized spacial score (nSPS) is 10.3. The molecule has 1 aromatic heterocycles. The molecule has 0 fully saturated rings. The van der Waals surface area contributed by atoms with Crippen LogP contribution in [-0.2, 0) is 0 Å². The van der Waals surface area contributed by atoms with Crippen LogP contribution in [0, 0.1) is 6.92 Å². The van der Waals surface area contributed by atoms with Crippen molar-refractivity contribution >= 4 is 17.5 Å². The van der Waals surface area contributed by atoms with E-state index in [0.29, 0.717) is 5.95 Å². The van der Waals surface area contributed by atoms with E-state index in [1.165, 1.54) is 18.4 Å². The summed E-state index contributed by atoms with van der Waals surface area (Å²) in [5, 5.41) is 3.27. The summed E-state index contributed by atoms with van der Waals surface area (Å²) in [6, 6.07) is 10.1. The van der Waals surface area contributed by atoms with E-state index in [4.69, 9.17) is 0 Å². The zero-order valence-electron chi connectivity index (χ0n) is 12.4. The van der Waals surface area contributed by atoms with Crippen LogP contribution in [0.1, 0.15) is 25.3 Å². The molecule has 1 aromatic carbocycles. The summed E-state index contributed by atoms with van der Waals surface area (Å²) >= 11 is 0. The molecule has 0 spiro atoms. The van der Waals surface area contributed by atoms with Gasteiger partial charge in [-0.15, -0.1) is 0 Å². The van der Waals surface area contributed by atoms with Crippen LogP contribution in [0.4, 0.5) is 17.5 Å². The van der Waals surface area contributed by atoms with Gasteiger partial charge in [-0.25, -0.2) is 4.98 Å². The Balaban J connectivity index is 2.12. The Hall–Kier alpha value is -2.10. The third-order valence-corrected chi connectivity index (χ3v) is 3.27. The van der Waals surface area contributed by atoms with E-state index in [2.05, 4.69) is 47.1 Å². The second-order valence-electron chi connectivity index (χ2n) is 4.95. The van der Waals surface area contributed by atoms with E-state index >= 15 is 0 Å². The monoisotopic (exact) mass is 270 g/mol. The maximum absolute atomic E-state index is 4.57. The molecule has 2 aromatic rings. The van der Waals surface area contributed by atoms with Crippen LogP contribution in [-0.4, -0.2) is 23.6 Å². The van der Waals surface area contributed by atoms with Crippen molar-refractivity contribution in [1.29, 1.82) is 0 Å². The van der Waals surface area contributed by atoms with Crippen LogP contribution in [0.5, 0.6) is 0 Å². The van der Waals surface area contributed by atoms with Gasteiger partial charge in [0.2, 0.25) is 5.95 Å². The van der Waals surface area contributed by atoms with Gasteiger partial charge in [-0.2, -0.15) is 4.98 Å². The summed E-state index contributed by atoms with van der Waals surface area (Å²) in [5.74, 6) is 1.59. The molecule has 0 aliphatic heterocycles. The lowest BCUT2D eigenvalue weighted by molar-refractivity contribution is 0.759. The maximum Gasteiger partial charge on any atom is 0.229 e. The first-order chi connectivity index (χ1) is 9.70. The van der Waals surface area contributed by atoms with Gasteiger partial charge >= 0.3 is 0 Å². The summed E-state index contributed by atoms with van der Waals surface area (Å²) in [6.45, 7) is 5.27. The van der Waals surface area contributed by atoms with Crippen molar-refractivity contribution in [2.24, 2.45) is 0 Å². The minimum Gasteiger partial charge on any atom is -0.360 e. The largest absolute Gasteiger partial charge is 0.360 e. The molecule has 4 heteroatoms. The standard InChI is InChI=1S/C16H22N4/c1-4-5-12-20(3)15-10-11-17-16(19-15)18-14-9-7-6-8-13(14)2/h6-11H,4-5,12H2,1-3H3,(H,17,18,19). The summed E-state index contributed by atoms with van der Waals surface area (Å²) in [4.78, 5) is 11.0. The van der Waals surface area contributed by atoms with Crippen molar-refractivity contribution < 1.29 is 0 Å². The van der Waals surface area contributed by atoms with Gasteiger partial charge in [-0.1, -0.05) is 31.5 Å². The Bertz CT molecular complexity index is 554. The Labute approximate surface area is 120 Å². The molecule has 4 nitrogen and oxygen atoms in total. The number of para-hydroxylation sites is 1. The van der Waals surface area contributed by atoms with Gasteiger partial charge in [-0.05, 0) is 31.0 Å². The number of rotatable bonds is 6. The van der Waals surface area contributed by atoms with Gasteiger partial charge in [0.05, 0.1) is 0 Å². The van der Waals surface area contributed by atoms with Crippen molar-refractivity contribution in [2.45, 2.75) is 26.7 Å². The fourth-order valence-electron chi connectivity index (χ4n) is 1.97. The van der Waals surface area contributed by atoms with E-state index in [1.807, 2.05) is 24.3 Å². The highest BCUT2D eigenvalue weighted by Gasteiger charge is 2.05. The summed E-state index contributed by atoms with van der Waals surface area (Å²) in [5.41, 5.74) is 2.22. The van der Waals surface area contributed by atoms with E-state index in [-0.39, 0.29) is 0 Å². The second kappa shape index (κ2) is 6.89. The molecule has 0 unspecified atom stereocenters. The Kier molecular flexibility index (Phi) is 4.93. The van der Waals surface area contributed by atoms with E-state index in [1.54, 1.807) is 6.20 Å². The van der Waals surface area contributed by atoms with Crippen molar-refractivity contribution in [1.82, 2.24) is 9.97 Å². The SMILES string of the molecule is CCCCN(C)c1ccnc(Nc2ccccc2C)n1. The number of benzene rings is 1. The first kappa shape index (κ1) is 14.3.